The van der Waals surface area contributed by atoms with Crippen molar-refractivity contribution in [3.8, 4) is 0 Å². The van der Waals surface area contributed by atoms with Crippen LogP contribution in [0.5, 0.6) is 0 Å². The molecule has 1 aromatic carbocycles. The standard InChI is InChI=1S/C20H25ClN4O2S/c1-5-6-12-25-19(21)17(14(2)23-25)10-11-18(26)22-15-8-7-9-16(13-15)28-20(27)24(3)4/h7-11,13H,5-6,12H2,1-4H3,(H,22,26)/b11-10+. The van der Waals surface area contributed by atoms with Crippen molar-refractivity contribution in [2.75, 3.05) is 19.4 Å². The molecule has 0 atom stereocenters. The van der Waals surface area contributed by atoms with Crippen LogP contribution in [0.25, 0.3) is 6.08 Å². The minimum absolute atomic E-state index is 0.0754. The molecule has 150 valence electrons. The zero-order valence-corrected chi connectivity index (χ0v) is 18.1. The van der Waals surface area contributed by atoms with Crippen LogP contribution in [0.2, 0.25) is 5.15 Å². The lowest BCUT2D eigenvalue weighted by atomic mass is 10.2. The minimum atomic E-state index is -0.280. The molecule has 1 aromatic heterocycles. The normalized spacial score (nSPS) is 11.0. The summed E-state index contributed by atoms with van der Waals surface area (Å²) in [5.41, 5.74) is 2.15. The predicted octanol–water partition coefficient (Wildman–Crippen LogP) is 5.07. The highest BCUT2D eigenvalue weighted by Gasteiger charge is 2.11. The summed E-state index contributed by atoms with van der Waals surface area (Å²) in [5, 5.41) is 7.69. The first-order chi connectivity index (χ1) is 13.3. The quantitative estimate of drug-likeness (QED) is 0.501. The van der Waals surface area contributed by atoms with E-state index in [-0.39, 0.29) is 11.1 Å². The summed E-state index contributed by atoms with van der Waals surface area (Å²) in [4.78, 5) is 26.4. The fraction of sp³-hybridized carbons (Fsp3) is 0.350. The lowest BCUT2D eigenvalue weighted by Crippen LogP contribution is -2.16. The molecule has 8 heteroatoms. The van der Waals surface area contributed by atoms with E-state index in [0.717, 1.165) is 47.3 Å². The monoisotopic (exact) mass is 420 g/mol. The van der Waals surface area contributed by atoms with Crippen LogP contribution in [0.15, 0.2) is 35.2 Å². The number of carbonyl (C=O) groups excluding carboxylic acids is 2. The number of nitrogens with one attached hydrogen (secondary N) is 1. The number of nitrogens with zero attached hydrogens (tertiary/aromatic N) is 3. The van der Waals surface area contributed by atoms with E-state index >= 15 is 0 Å². The van der Waals surface area contributed by atoms with E-state index in [4.69, 9.17) is 11.6 Å². The van der Waals surface area contributed by atoms with Crippen molar-refractivity contribution in [3.63, 3.8) is 0 Å². The molecule has 2 rings (SSSR count). The molecule has 0 aliphatic rings. The van der Waals surface area contributed by atoms with Crippen LogP contribution in [-0.4, -0.2) is 39.9 Å². The van der Waals surface area contributed by atoms with Crippen molar-refractivity contribution < 1.29 is 9.59 Å². The average molecular weight is 421 g/mol. The number of halogens is 1. The van der Waals surface area contributed by atoms with Crippen LogP contribution < -0.4 is 5.32 Å². The number of anilines is 1. The molecule has 0 aliphatic heterocycles. The van der Waals surface area contributed by atoms with Gasteiger partial charge in [0.25, 0.3) is 5.24 Å². The zero-order valence-electron chi connectivity index (χ0n) is 16.5. The Labute approximate surface area is 174 Å². The second-order valence-corrected chi connectivity index (χ2v) is 7.86. The average Bonchev–Trinajstić information content (AvgIpc) is 2.91. The largest absolute Gasteiger partial charge is 0.339 e. The molecule has 2 amide bonds. The highest BCUT2D eigenvalue weighted by molar-refractivity contribution is 8.13. The van der Waals surface area contributed by atoms with Crippen molar-refractivity contribution in [1.29, 1.82) is 0 Å². The predicted molar refractivity (Wildman–Crippen MR) is 116 cm³/mol. The third-order valence-electron chi connectivity index (χ3n) is 3.91. The number of unbranched alkanes of at least 4 members (excludes halogenated alkanes) is 1. The molecule has 0 radical (unpaired) electrons. The summed E-state index contributed by atoms with van der Waals surface area (Å²) in [7, 11) is 3.40. The van der Waals surface area contributed by atoms with Gasteiger partial charge in [-0.1, -0.05) is 31.0 Å². The molecule has 1 N–H and O–H groups in total. The molecule has 0 saturated carbocycles. The Morgan fingerprint density at radius 3 is 2.79 bits per heavy atom. The number of amides is 2. The summed E-state index contributed by atoms with van der Waals surface area (Å²) >= 11 is 7.49. The van der Waals surface area contributed by atoms with E-state index in [0.29, 0.717) is 10.8 Å². The second kappa shape index (κ2) is 10.3. The summed E-state index contributed by atoms with van der Waals surface area (Å²) in [6.07, 6.45) is 5.16. The topological polar surface area (TPSA) is 67.2 Å². The van der Waals surface area contributed by atoms with Crippen LogP contribution >= 0.6 is 23.4 Å². The number of aryl methyl sites for hydroxylation is 2. The van der Waals surface area contributed by atoms with Crippen LogP contribution in [0.3, 0.4) is 0 Å². The number of hydrogen-bond donors (Lipinski definition) is 1. The number of aromatic nitrogens is 2. The number of thioether (sulfide) groups is 1. The molecule has 0 fully saturated rings. The first-order valence-corrected chi connectivity index (χ1v) is 10.2. The summed E-state index contributed by atoms with van der Waals surface area (Å²) in [6, 6.07) is 7.16. The minimum Gasteiger partial charge on any atom is -0.339 e. The molecule has 28 heavy (non-hydrogen) atoms. The van der Waals surface area contributed by atoms with Gasteiger partial charge in [-0.15, -0.1) is 0 Å². The van der Waals surface area contributed by atoms with E-state index in [1.807, 2.05) is 13.0 Å². The molecular weight excluding hydrogens is 396 g/mol. The van der Waals surface area contributed by atoms with Gasteiger partial charge < -0.3 is 10.2 Å². The van der Waals surface area contributed by atoms with Gasteiger partial charge >= 0.3 is 0 Å². The van der Waals surface area contributed by atoms with Crippen molar-refractivity contribution in [2.24, 2.45) is 0 Å². The number of benzene rings is 1. The van der Waals surface area contributed by atoms with E-state index in [2.05, 4.69) is 17.3 Å². The SMILES string of the molecule is CCCCn1nc(C)c(/C=C/C(=O)Nc2cccc(SC(=O)N(C)C)c2)c1Cl. The van der Waals surface area contributed by atoms with Crippen LogP contribution in [0.1, 0.15) is 31.0 Å². The van der Waals surface area contributed by atoms with Gasteiger partial charge in [0.15, 0.2) is 0 Å². The Balaban J connectivity index is 2.04. The molecule has 2 aromatic rings. The van der Waals surface area contributed by atoms with Gasteiger partial charge in [0, 0.05) is 42.9 Å². The van der Waals surface area contributed by atoms with Crippen LogP contribution in [0.4, 0.5) is 10.5 Å². The fourth-order valence-corrected chi connectivity index (χ4v) is 3.42. The molecule has 6 nitrogen and oxygen atoms in total. The Bertz CT molecular complexity index is 877. The lowest BCUT2D eigenvalue weighted by molar-refractivity contribution is -0.111. The lowest BCUT2D eigenvalue weighted by Gasteiger charge is -2.10. The van der Waals surface area contributed by atoms with Gasteiger partial charge in [-0.3, -0.25) is 14.3 Å². The third-order valence-corrected chi connectivity index (χ3v) is 5.33. The fourth-order valence-electron chi connectivity index (χ4n) is 2.38. The van der Waals surface area contributed by atoms with Gasteiger partial charge in [0.1, 0.15) is 5.15 Å². The highest BCUT2D eigenvalue weighted by Crippen LogP contribution is 2.24. The van der Waals surface area contributed by atoms with Crippen molar-refractivity contribution in [2.45, 2.75) is 38.1 Å². The Morgan fingerprint density at radius 2 is 2.11 bits per heavy atom. The number of carbonyl (C=O) groups is 2. The number of rotatable bonds is 7. The highest BCUT2D eigenvalue weighted by atomic mass is 35.5. The Hall–Kier alpha value is -2.25. The zero-order chi connectivity index (χ0) is 20.7. The van der Waals surface area contributed by atoms with Crippen molar-refractivity contribution in [1.82, 2.24) is 14.7 Å². The number of hydrogen-bond acceptors (Lipinski definition) is 4. The van der Waals surface area contributed by atoms with Crippen LogP contribution in [0, 0.1) is 6.92 Å². The molecule has 0 aliphatic carbocycles. The first kappa shape index (κ1) is 22.0. The summed E-state index contributed by atoms with van der Waals surface area (Å²) in [5.74, 6) is -0.280. The van der Waals surface area contributed by atoms with Gasteiger partial charge in [-0.2, -0.15) is 5.10 Å². The maximum absolute atomic E-state index is 12.3. The van der Waals surface area contributed by atoms with E-state index in [1.165, 1.54) is 11.0 Å². The van der Waals surface area contributed by atoms with Gasteiger partial charge in [-0.25, -0.2) is 0 Å². The van der Waals surface area contributed by atoms with E-state index < -0.39 is 0 Å². The maximum Gasteiger partial charge on any atom is 0.285 e. The maximum atomic E-state index is 12.3. The van der Waals surface area contributed by atoms with Gasteiger partial charge in [0.2, 0.25) is 5.91 Å². The molecule has 0 spiro atoms. The summed E-state index contributed by atoms with van der Waals surface area (Å²) in [6.45, 7) is 4.74. The molecule has 0 unspecified atom stereocenters. The molecular formula is C20H25ClN4O2S. The summed E-state index contributed by atoms with van der Waals surface area (Å²) < 4.78 is 1.76. The Kier molecular flexibility index (Phi) is 8.14. The smallest absolute Gasteiger partial charge is 0.285 e. The Morgan fingerprint density at radius 1 is 1.36 bits per heavy atom. The third kappa shape index (κ3) is 6.14. The molecule has 0 saturated heterocycles. The molecule has 1 heterocycles. The van der Waals surface area contributed by atoms with E-state index in [9.17, 15) is 9.59 Å². The molecule has 0 bridgehead atoms. The second-order valence-electron chi connectivity index (χ2n) is 6.48. The van der Waals surface area contributed by atoms with E-state index in [1.54, 1.807) is 43.1 Å². The van der Waals surface area contributed by atoms with Crippen molar-refractivity contribution >= 4 is 46.3 Å². The van der Waals surface area contributed by atoms with Gasteiger partial charge in [0.05, 0.1) is 5.69 Å². The first-order valence-electron chi connectivity index (χ1n) is 9.03. The van der Waals surface area contributed by atoms with Crippen molar-refractivity contribution in [3.05, 3.63) is 46.8 Å². The van der Waals surface area contributed by atoms with Crippen LogP contribution in [-0.2, 0) is 11.3 Å². The van der Waals surface area contributed by atoms with Gasteiger partial charge in [-0.05, 0) is 49.4 Å².